The predicted molar refractivity (Wildman–Crippen MR) is 85.5 cm³/mol. The van der Waals surface area contributed by atoms with Gasteiger partial charge in [-0.2, -0.15) is 5.10 Å². The number of halogens is 1. The van der Waals surface area contributed by atoms with E-state index >= 15 is 0 Å². The quantitative estimate of drug-likeness (QED) is 0.744. The van der Waals surface area contributed by atoms with Gasteiger partial charge in [0.1, 0.15) is 0 Å². The smallest absolute Gasteiger partial charge is 0.166 e. The van der Waals surface area contributed by atoms with Gasteiger partial charge in [-0.25, -0.2) is 4.68 Å². The molecule has 0 N–H and O–H groups in total. The van der Waals surface area contributed by atoms with Gasteiger partial charge in [0.15, 0.2) is 5.78 Å². The molecule has 3 nitrogen and oxygen atoms in total. The Kier molecular flexibility index (Phi) is 2.94. The summed E-state index contributed by atoms with van der Waals surface area (Å²) in [5.74, 6) is 0.820. The highest BCUT2D eigenvalue weighted by Crippen LogP contribution is 2.43. The van der Waals surface area contributed by atoms with Crippen LogP contribution in [0.15, 0.2) is 24.3 Å². The van der Waals surface area contributed by atoms with Crippen LogP contribution in [0.3, 0.4) is 0 Å². The third kappa shape index (κ3) is 2.01. The van der Waals surface area contributed by atoms with Gasteiger partial charge in [0.05, 0.1) is 22.6 Å². The zero-order chi connectivity index (χ0) is 13.7. The molecule has 0 saturated heterocycles. The molecule has 0 amide bonds. The molecular formula is C16H15IN2O. The fourth-order valence-electron chi connectivity index (χ4n) is 2.99. The SMILES string of the molecule is O=C1CCCc2c1c(C1CC1)nn2-c1ccc(I)cc1. The highest BCUT2D eigenvalue weighted by atomic mass is 127. The van der Waals surface area contributed by atoms with E-state index in [0.29, 0.717) is 18.1 Å². The summed E-state index contributed by atoms with van der Waals surface area (Å²) < 4.78 is 3.22. The van der Waals surface area contributed by atoms with E-state index in [1.807, 2.05) is 4.68 Å². The lowest BCUT2D eigenvalue weighted by molar-refractivity contribution is 0.0971. The number of rotatable bonds is 2. The number of hydrogen-bond acceptors (Lipinski definition) is 2. The summed E-state index contributed by atoms with van der Waals surface area (Å²) in [6.07, 6.45) is 4.97. The van der Waals surface area contributed by atoms with E-state index in [1.165, 1.54) is 16.4 Å². The number of nitrogens with zero attached hydrogens (tertiary/aromatic N) is 2. The number of hydrogen-bond donors (Lipinski definition) is 0. The molecule has 0 bridgehead atoms. The highest BCUT2D eigenvalue weighted by molar-refractivity contribution is 14.1. The summed E-state index contributed by atoms with van der Waals surface area (Å²) in [5.41, 5.74) is 4.20. The van der Waals surface area contributed by atoms with Crippen LogP contribution >= 0.6 is 22.6 Å². The van der Waals surface area contributed by atoms with Gasteiger partial charge < -0.3 is 0 Å². The lowest BCUT2D eigenvalue weighted by Crippen LogP contribution is -2.13. The van der Waals surface area contributed by atoms with Crippen molar-refractivity contribution < 1.29 is 4.79 Å². The molecule has 0 unspecified atom stereocenters. The molecule has 1 fully saturated rings. The molecule has 0 spiro atoms. The number of fused-ring (bicyclic) bond motifs is 1. The molecule has 2 aliphatic rings. The fourth-order valence-corrected chi connectivity index (χ4v) is 3.35. The van der Waals surface area contributed by atoms with Crippen molar-refractivity contribution in [3.8, 4) is 5.69 Å². The minimum Gasteiger partial charge on any atom is -0.294 e. The molecule has 102 valence electrons. The molecule has 1 heterocycles. The van der Waals surface area contributed by atoms with E-state index in [-0.39, 0.29) is 0 Å². The van der Waals surface area contributed by atoms with E-state index in [0.717, 1.165) is 35.5 Å². The number of carbonyl (C=O) groups is 1. The molecule has 1 aromatic carbocycles. The molecular weight excluding hydrogens is 363 g/mol. The summed E-state index contributed by atoms with van der Waals surface area (Å²) in [5, 5.41) is 4.80. The molecule has 1 saturated carbocycles. The van der Waals surface area contributed by atoms with Crippen molar-refractivity contribution in [2.24, 2.45) is 0 Å². The Hall–Kier alpha value is -1.17. The first-order valence-electron chi connectivity index (χ1n) is 7.15. The number of aromatic nitrogens is 2. The van der Waals surface area contributed by atoms with Crippen LogP contribution in [0.2, 0.25) is 0 Å². The van der Waals surface area contributed by atoms with E-state index in [9.17, 15) is 4.79 Å². The maximum absolute atomic E-state index is 12.3. The third-order valence-corrected chi connectivity index (χ3v) is 4.86. The van der Waals surface area contributed by atoms with Gasteiger partial charge in [-0.15, -0.1) is 0 Å². The van der Waals surface area contributed by atoms with E-state index in [4.69, 9.17) is 5.10 Å². The Labute approximate surface area is 131 Å². The molecule has 0 radical (unpaired) electrons. The van der Waals surface area contributed by atoms with Crippen LogP contribution in [0.5, 0.6) is 0 Å². The average Bonchev–Trinajstić information content (AvgIpc) is 3.22. The van der Waals surface area contributed by atoms with Crippen LogP contribution in [-0.2, 0) is 6.42 Å². The minimum absolute atomic E-state index is 0.296. The number of ketones is 1. The molecule has 2 aromatic rings. The summed E-state index contributed by atoms with van der Waals surface area (Å²) in [6, 6.07) is 8.35. The van der Waals surface area contributed by atoms with Gasteiger partial charge in [0.25, 0.3) is 0 Å². The zero-order valence-corrected chi connectivity index (χ0v) is 13.3. The second-order valence-corrected chi connectivity index (χ2v) is 6.89. The van der Waals surface area contributed by atoms with Crippen molar-refractivity contribution in [3.63, 3.8) is 0 Å². The lowest BCUT2D eigenvalue weighted by Gasteiger charge is -2.13. The Bertz CT molecular complexity index is 683. The topological polar surface area (TPSA) is 34.9 Å². The Morgan fingerprint density at radius 2 is 1.90 bits per heavy atom. The Morgan fingerprint density at radius 1 is 1.15 bits per heavy atom. The summed E-state index contributed by atoms with van der Waals surface area (Å²) in [4.78, 5) is 12.3. The maximum Gasteiger partial charge on any atom is 0.166 e. The number of benzene rings is 1. The normalized spacial score (nSPS) is 18.1. The van der Waals surface area contributed by atoms with Crippen molar-refractivity contribution in [2.75, 3.05) is 0 Å². The second-order valence-electron chi connectivity index (χ2n) is 5.65. The summed E-state index contributed by atoms with van der Waals surface area (Å²) in [6.45, 7) is 0. The van der Waals surface area contributed by atoms with Crippen molar-refractivity contribution in [2.45, 2.75) is 38.0 Å². The van der Waals surface area contributed by atoms with E-state index < -0.39 is 0 Å². The standard InChI is InChI=1S/C16H15IN2O/c17-11-6-8-12(9-7-11)19-13-2-1-3-14(20)15(13)16(18-19)10-4-5-10/h6-10H,1-5H2. The van der Waals surface area contributed by atoms with Crippen LogP contribution in [0.1, 0.15) is 53.3 Å². The monoisotopic (exact) mass is 378 g/mol. The molecule has 4 heteroatoms. The van der Waals surface area contributed by atoms with Crippen LogP contribution in [0.4, 0.5) is 0 Å². The largest absolute Gasteiger partial charge is 0.294 e. The lowest BCUT2D eigenvalue weighted by atomic mass is 9.93. The summed E-state index contributed by atoms with van der Waals surface area (Å²) in [7, 11) is 0. The third-order valence-electron chi connectivity index (χ3n) is 4.14. The highest BCUT2D eigenvalue weighted by Gasteiger charge is 2.35. The first-order valence-corrected chi connectivity index (χ1v) is 8.23. The Balaban J connectivity index is 1.89. The molecule has 0 aliphatic heterocycles. The average molecular weight is 378 g/mol. The van der Waals surface area contributed by atoms with Gasteiger partial charge in [0.2, 0.25) is 0 Å². The minimum atomic E-state index is 0.296. The van der Waals surface area contributed by atoms with Gasteiger partial charge in [0, 0.05) is 15.9 Å². The van der Waals surface area contributed by atoms with Gasteiger partial charge in [-0.3, -0.25) is 4.79 Å². The van der Waals surface area contributed by atoms with Gasteiger partial charge >= 0.3 is 0 Å². The fraction of sp³-hybridized carbons (Fsp3) is 0.375. The van der Waals surface area contributed by atoms with E-state index in [2.05, 4.69) is 46.9 Å². The van der Waals surface area contributed by atoms with E-state index in [1.54, 1.807) is 0 Å². The zero-order valence-electron chi connectivity index (χ0n) is 11.1. The van der Waals surface area contributed by atoms with Crippen LogP contribution < -0.4 is 0 Å². The molecule has 4 rings (SSSR count). The molecule has 2 aliphatic carbocycles. The number of Topliss-reactive ketones (excluding diaryl/α,β-unsaturated/α-hetero) is 1. The van der Waals surface area contributed by atoms with Gasteiger partial charge in [-0.1, -0.05) is 0 Å². The number of carbonyl (C=O) groups excluding carboxylic acids is 1. The van der Waals surface area contributed by atoms with Crippen LogP contribution in [-0.4, -0.2) is 15.6 Å². The van der Waals surface area contributed by atoms with Gasteiger partial charge in [-0.05, 0) is 72.5 Å². The molecule has 20 heavy (non-hydrogen) atoms. The molecule has 0 atom stereocenters. The van der Waals surface area contributed by atoms with Crippen molar-refractivity contribution >= 4 is 28.4 Å². The van der Waals surface area contributed by atoms with Crippen molar-refractivity contribution in [3.05, 3.63) is 44.8 Å². The second kappa shape index (κ2) is 4.69. The predicted octanol–water partition coefficient (Wildman–Crippen LogP) is 3.87. The van der Waals surface area contributed by atoms with Crippen LogP contribution in [0.25, 0.3) is 5.69 Å². The van der Waals surface area contributed by atoms with Crippen molar-refractivity contribution in [1.82, 2.24) is 9.78 Å². The van der Waals surface area contributed by atoms with Crippen LogP contribution in [0, 0.1) is 3.57 Å². The van der Waals surface area contributed by atoms with Crippen molar-refractivity contribution in [1.29, 1.82) is 0 Å². The first-order chi connectivity index (χ1) is 9.74. The Morgan fingerprint density at radius 3 is 2.60 bits per heavy atom. The summed E-state index contributed by atoms with van der Waals surface area (Å²) >= 11 is 2.30. The maximum atomic E-state index is 12.3. The first kappa shape index (κ1) is 12.6. The molecule has 1 aromatic heterocycles.